The zero-order chi connectivity index (χ0) is 11.2. The molecule has 3 heteroatoms. The number of hydrogen-bond acceptors (Lipinski definition) is 2. The zero-order valence-corrected chi connectivity index (χ0v) is 10.7. The average molecular weight is 252 g/mol. The van der Waals surface area contributed by atoms with E-state index in [1.165, 1.54) is 27.5 Å². The molecule has 0 saturated carbocycles. The summed E-state index contributed by atoms with van der Waals surface area (Å²) in [5.74, 6) is 0. The van der Waals surface area contributed by atoms with Crippen molar-refractivity contribution in [2.45, 2.75) is 0 Å². The molecule has 0 nitrogen and oxygen atoms in total. The van der Waals surface area contributed by atoms with Gasteiger partial charge in [-0.1, -0.05) is 46.7 Å². The van der Waals surface area contributed by atoms with Crippen LogP contribution in [0.25, 0.3) is 11.1 Å². The molecule has 1 aromatic carbocycles. The number of hydrogen-bond donors (Lipinski definition) is 0. The molecule has 0 spiro atoms. The van der Waals surface area contributed by atoms with E-state index in [9.17, 15) is 0 Å². The molecule has 0 saturated heterocycles. The van der Waals surface area contributed by atoms with Crippen LogP contribution in [-0.2, 0) is 0 Å². The summed E-state index contributed by atoms with van der Waals surface area (Å²) in [6, 6.07) is 10.8. The lowest BCUT2D eigenvalue weighted by Gasteiger charge is -2.07. The lowest BCUT2D eigenvalue weighted by atomic mass is 9.40. The van der Waals surface area contributed by atoms with Crippen LogP contribution in [0.5, 0.6) is 0 Å². The van der Waals surface area contributed by atoms with E-state index in [0.29, 0.717) is 6.71 Å². The van der Waals surface area contributed by atoms with Gasteiger partial charge in [0.25, 0.3) is 0 Å². The van der Waals surface area contributed by atoms with Crippen molar-refractivity contribution in [3.63, 3.8) is 0 Å². The first kappa shape index (κ1) is 9.69. The van der Waals surface area contributed by atoms with Crippen molar-refractivity contribution in [1.82, 2.24) is 0 Å². The summed E-state index contributed by atoms with van der Waals surface area (Å²) in [5, 5.41) is 9.17. The Morgan fingerprint density at radius 3 is 1.88 bits per heavy atom. The van der Waals surface area contributed by atoms with Crippen molar-refractivity contribution in [3.8, 4) is 11.1 Å². The summed E-state index contributed by atoms with van der Waals surface area (Å²) in [6.07, 6.45) is 0. The molecule has 3 heterocycles. The molecule has 80 valence electrons. The van der Waals surface area contributed by atoms with E-state index in [2.05, 4.69) is 51.9 Å². The topological polar surface area (TPSA) is 0 Å². The molecule has 0 unspecified atom stereocenters. The molecule has 0 N–H and O–H groups in total. The molecule has 0 fully saturated rings. The van der Waals surface area contributed by atoms with Gasteiger partial charge >= 0.3 is 0 Å². The smallest absolute Gasteiger partial charge is 0.152 e. The monoisotopic (exact) mass is 252 g/mol. The van der Waals surface area contributed by atoms with Gasteiger partial charge in [-0.15, -0.1) is 0 Å². The van der Waals surface area contributed by atoms with Crippen LogP contribution in [-0.4, -0.2) is 6.71 Å². The van der Waals surface area contributed by atoms with Gasteiger partial charge in [0, 0.05) is 0 Å². The summed E-state index contributed by atoms with van der Waals surface area (Å²) in [4.78, 5) is 0. The Hall–Kier alpha value is -1.32. The van der Waals surface area contributed by atoms with Crippen LogP contribution >= 0.6 is 22.7 Å². The molecule has 0 amide bonds. The second-order valence-corrected chi connectivity index (χ2v) is 5.81. The number of benzene rings is 1. The molecule has 0 aliphatic carbocycles. The van der Waals surface area contributed by atoms with Gasteiger partial charge in [-0.2, -0.15) is 22.7 Å². The van der Waals surface area contributed by atoms with Gasteiger partial charge in [0.1, 0.15) is 0 Å². The minimum Gasteiger partial charge on any atom is -0.152 e. The quantitative estimate of drug-likeness (QED) is 0.456. The largest absolute Gasteiger partial charge is 0.244 e. The lowest BCUT2D eigenvalue weighted by molar-refractivity contribution is 1.76. The molecule has 0 atom stereocenters. The molecule has 1 aliphatic rings. The summed E-state index contributed by atoms with van der Waals surface area (Å²) in [6.45, 7) is 0.457. The van der Waals surface area contributed by atoms with E-state index < -0.39 is 0 Å². The third-order valence-electron chi connectivity index (χ3n) is 3.43. The molecule has 2 aromatic heterocycles. The second-order valence-electron chi connectivity index (χ2n) is 4.33. The standard InChI is InChI=1S/C14H9BS2/c1-2-4-10(5-3-1)15-13-8-16-6-11(13)12-7-17-9-14(12)15/h1-9H. The first-order chi connectivity index (χ1) is 8.45. The highest BCUT2D eigenvalue weighted by molar-refractivity contribution is 7.15. The Labute approximate surface area is 109 Å². The summed E-state index contributed by atoms with van der Waals surface area (Å²) in [7, 11) is 0. The summed E-state index contributed by atoms with van der Waals surface area (Å²) < 4.78 is 0. The molecule has 1 aliphatic heterocycles. The second kappa shape index (κ2) is 3.59. The van der Waals surface area contributed by atoms with Crippen LogP contribution in [0.1, 0.15) is 0 Å². The van der Waals surface area contributed by atoms with E-state index in [0.717, 1.165) is 0 Å². The number of fused-ring (bicyclic) bond motifs is 3. The Bertz CT molecular complexity index is 626. The van der Waals surface area contributed by atoms with Gasteiger partial charge in [-0.25, -0.2) is 0 Å². The fraction of sp³-hybridized carbons (Fsp3) is 0. The first-order valence-electron chi connectivity index (χ1n) is 5.62. The maximum atomic E-state index is 2.30. The van der Waals surface area contributed by atoms with Crippen molar-refractivity contribution in [2.24, 2.45) is 0 Å². The lowest BCUT2D eigenvalue weighted by Crippen LogP contribution is -2.47. The third kappa shape index (κ3) is 1.30. The normalized spacial score (nSPS) is 12.6. The van der Waals surface area contributed by atoms with Crippen LogP contribution in [0.15, 0.2) is 51.9 Å². The van der Waals surface area contributed by atoms with Crippen molar-refractivity contribution in [1.29, 1.82) is 0 Å². The Balaban J connectivity index is 1.99. The number of thiophene rings is 2. The van der Waals surface area contributed by atoms with Gasteiger partial charge in [0.05, 0.1) is 0 Å². The predicted octanol–water partition coefficient (Wildman–Crippen LogP) is 2.31. The van der Waals surface area contributed by atoms with Crippen molar-refractivity contribution >= 4 is 45.8 Å². The molecule has 0 bridgehead atoms. The van der Waals surface area contributed by atoms with E-state index in [1.54, 1.807) is 0 Å². The summed E-state index contributed by atoms with van der Waals surface area (Å²) in [5.41, 5.74) is 7.27. The van der Waals surface area contributed by atoms with Gasteiger partial charge < -0.3 is 0 Å². The molecular weight excluding hydrogens is 243 g/mol. The van der Waals surface area contributed by atoms with E-state index in [-0.39, 0.29) is 0 Å². The zero-order valence-electron chi connectivity index (χ0n) is 9.09. The number of rotatable bonds is 1. The maximum Gasteiger partial charge on any atom is 0.244 e. The van der Waals surface area contributed by atoms with Crippen LogP contribution in [0.4, 0.5) is 0 Å². The molecule has 3 aromatic rings. The highest BCUT2D eigenvalue weighted by Crippen LogP contribution is 2.27. The van der Waals surface area contributed by atoms with Gasteiger partial charge in [0.15, 0.2) is 0 Å². The van der Waals surface area contributed by atoms with Gasteiger partial charge in [-0.3, -0.25) is 0 Å². The van der Waals surface area contributed by atoms with Gasteiger partial charge in [-0.05, 0) is 32.6 Å². The van der Waals surface area contributed by atoms with E-state index in [1.807, 2.05) is 22.7 Å². The van der Waals surface area contributed by atoms with Crippen LogP contribution in [0, 0.1) is 0 Å². The molecule has 17 heavy (non-hydrogen) atoms. The SMILES string of the molecule is c1ccc(B2c3cscc3-c3cscc32)cc1. The van der Waals surface area contributed by atoms with Crippen molar-refractivity contribution < 1.29 is 0 Å². The van der Waals surface area contributed by atoms with Crippen LogP contribution in [0.3, 0.4) is 0 Å². The minimum atomic E-state index is 0.457. The highest BCUT2D eigenvalue weighted by atomic mass is 32.1. The third-order valence-corrected chi connectivity index (χ3v) is 4.95. The van der Waals surface area contributed by atoms with E-state index >= 15 is 0 Å². The Morgan fingerprint density at radius 1 is 0.706 bits per heavy atom. The fourth-order valence-electron chi connectivity index (χ4n) is 2.67. The fourth-order valence-corrected chi connectivity index (χ4v) is 4.42. The first-order valence-corrected chi connectivity index (χ1v) is 7.51. The average Bonchev–Trinajstić information content (AvgIpc) is 3.01. The van der Waals surface area contributed by atoms with Crippen LogP contribution < -0.4 is 16.4 Å². The Kier molecular flexibility index (Phi) is 2.04. The minimum absolute atomic E-state index is 0.457. The Morgan fingerprint density at radius 2 is 1.29 bits per heavy atom. The van der Waals surface area contributed by atoms with E-state index in [4.69, 9.17) is 0 Å². The van der Waals surface area contributed by atoms with Crippen molar-refractivity contribution in [2.75, 3.05) is 0 Å². The van der Waals surface area contributed by atoms with Crippen molar-refractivity contribution in [3.05, 3.63) is 51.9 Å². The molecule has 0 radical (unpaired) electrons. The predicted molar refractivity (Wildman–Crippen MR) is 78.7 cm³/mol. The highest BCUT2D eigenvalue weighted by Gasteiger charge is 2.34. The molecular formula is C14H9BS2. The summed E-state index contributed by atoms with van der Waals surface area (Å²) >= 11 is 3.62. The molecule has 4 rings (SSSR count). The maximum absolute atomic E-state index is 2.30. The van der Waals surface area contributed by atoms with Crippen LogP contribution in [0.2, 0.25) is 0 Å². The van der Waals surface area contributed by atoms with Gasteiger partial charge in [0.2, 0.25) is 6.71 Å².